The van der Waals surface area contributed by atoms with Crippen LogP contribution in [0, 0.1) is 0 Å². The second-order valence-electron chi connectivity index (χ2n) is 5.49. The highest BCUT2D eigenvalue weighted by atomic mass is 16.5. The number of rotatable bonds is 5. The fraction of sp³-hybridized carbons (Fsp3) is 0.278. The zero-order valence-corrected chi connectivity index (χ0v) is 12.7. The molecule has 23 heavy (non-hydrogen) atoms. The van der Waals surface area contributed by atoms with Crippen LogP contribution in [0.2, 0.25) is 0 Å². The van der Waals surface area contributed by atoms with Crippen LogP contribution < -0.4 is 4.74 Å². The largest absolute Gasteiger partial charge is 0.479 e. The van der Waals surface area contributed by atoms with E-state index in [1.807, 2.05) is 54.6 Å². The normalized spacial score (nSPS) is 18.5. The van der Waals surface area contributed by atoms with Crippen LogP contribution in [0.4, 0.5) is 0 Å². The van der Waals surface area contributed by atoms with E-state index in [0.29, 0.717) is 19.7 Å². The van der Waals surface area contributed by atoms with Crippen molar-refractivity contribution in [3.05, 3.63) is 60.2 Å². The van der Waals surface area contributed by atoms with Crippen LogP contribution in [-0.4, -0.2) is 41.8 Å². The standard InChI is InChI=1S/C18H19NO4/c20-18(21)17-13-19(10-11-22-17)12-14-6-8-16(9-7-14)23-15-4-2-1-3-5-15/h1-9,17H,10-13H2,(H,20,21). The van der Waals surface area contributed by atoms with Crippen LogP contribution in [0.3, 0.4) is 0 Å². The molecule has 1 fully saturated rings. The van der Waals surface area contributed by atoms with Crippen molar-refractivity contribution in [1.82, 2.24) is 4.90 Å². The topological polar surface area (TPSA) is 59.0 Å². The summed E-state index contributed by atoms with van der Waals surface area (Å²) < 4.78 is 11.0. The quantitative estimate of drug-likeness (QED) is 0.920. The molecule has 5 nitrogen and oxygen atoms in total. The van der Waals surface area contributed by atoms with Crippen molar-refractivity contribution in [1.29, 1.82) is 0 Å². The van der Waals surface area contributed by atoms with Crippen molar-refractivity contribution < 1.29 is 19.4 Å². The number of carboxylic acids is 1. The van der Waals surface area contributed by atoms with Gasteiger partial charge in [0.15, 0.2) is 6.10 Å². The van der Waals surface area contributed by atoms with Gasteiger partial charge in [0, 0.05) is 19.6 Å². The Balaban J connectivity index is 1.58. The number of aliphatic carboxylic acids is 1. The molecule has 0 saturated carbocycles. The molecule has 1 aliphatic rings. The molecule has 0 aromatic heterocycles. The third-order valence-electron chi connectivity index (χ3n) is 3.73. The fourth-order valence-electron chi connectivity index (χ4n) is 2.54. The van der Waals surface area contributed by atoms with E-state index in [4.69, 9.17) is 14.6 Å². The molecule has 120 valence electrons. The number of ether oxygens (including phenoxy) is 2. The molecule has 0 amide bonds. The summed E-state index contributed by atoms with van der Waals surface area (Å²) in [5.41, 5.74) is 1.12. The molecule has 2 aromatic rings. The predicted octanol–water partition coefficient (Wildman–Crippen LogP) is 2.76. The van der Waals surface area contributed by atoms with Crippen LogP contribution in [0.5, 0.6) is 11.5 Å². The van der Waals surface area contributed by atoms with Gasteiger partial charge in [0.2, 0.25) is 0 Å². The number of hydrogen-bond donors (Lipinski definition) is 1. The zero-order chi connectivity index (χ0) is 16.1. The first-order valence-electron chi connectivity index (χ1n) is 7.59. The molecule has 0 aliphatic carbocycles. The van der Waals surface area contributed by atoms with E-state index in [1.165, 1.54) is 0 Å². The van der Waals surface area contributed by atoms with Gasteiger partial charge in [-0.1, -0.05) is 30.3 Å². The van der Waals surface area contributed by atoms with Crippen molar-refractivity contribution in [3.8, 4) is 11.5 Å². The molecule has 1 unspecified atom stereocenters. The van der Waals surface area contributed by atoms with Crippen molar-refractivity contribution in [2.24, 2.45) is 0 Å². The molecular weight excluding hydrogens is 294 g/mol. The van der Waals surface area contributed by atoms with Crippen molar-refractivity contribution in [2.45, 2.75) is 12.6 Å². The average molecular weight is 313 g/mol. The van der Waals surface area contributed by atoms with Crippen LogP contribution >= 0.6 is 0 Å². The minimum atomic E-state index is -0.902. The Bertz CT molecular complexity index is 642. The second kappa shape index (κ2) is 7.26. The van der Waals surface area contributed by atoms with E-state index >= 15 is 0 Å². The summed E-state index contributed by atoms with van der Waals surface area (Å²) in [6.45, 7) is 2.31. The Morgan fingerprint density at radius 1 is 1.13 bits per heavy atom. The van der Waals surface area contributed by atoms with Crippen LogP contribution in [0.1, 0.15) is 5.56 Å². The van der Waals surface area contributed by atoms with Crippen molar-refractivity contribution in [2.75, 3.05) is 19.7 Å². The first kappa shape index (κ1) is 15.5. The van der Waals surface area contributed by atoms with Gasteiger partial charge in [0.05, 0.1) is 6.61 Å². The summed E-state index contributed by atoms with van der Waals surface area (Å²) in [6, 6.07) is 17.5. The SMILES string of the molecule is O=C(O)C1CN(Cc2ccc(Oc3ccccc3)cc2)CCO1. The van der Waals surface area contributed by atoms with Gasteiger partial charge < -0.3 is 14.6 Å². The third kappa shape index (κ3) is 4.31. The highest BCUT2D eigenvalue weighted by Crippen LogP contribution is 2.21. The molecule has 1 saturated heterocycles. The maximum atomic E-state index is 11.0. The number of morpholine rings is 1. The monoisotopic (exact) mass is 313 g/mol. The Morgan fingerprint density at radius 3 is 2.52 bits per heavy atom. The van der Waals surface area contributed by atoms with Crippen molar-refractivity contribution in [3.63, 3.8) is 0 Å². The number of carbonyl (C=O) groups is 1. The van der Waals surface area contributed by atoms with Gasteiger partial charge >= 0.3 is 5.97 Å². The van der Waals surface area contributed by atoms with E-state index in [1.54, 1.807) is 0 Å². The minimum absolute atomic E-state index is 0.414. The first-order chi connectivity index (χ1) is 11.2. The van der Waals surface area contributed by atoms with Crippen LogP contribution in [0.25, 0.3) is 0 Å². The van der Waals surface area contributed by atoms with Crippen molar-refractivity contribution >= 4 is 5.97 Å². The van der Waals surface area contributed by atoms with E-state index < -0.39 is 12.1 Å². The zero-order valence-electron chi connectivity index (χ0n) is 12.7. The number of hydrogen-bond acceptors (Lipinski definition) is 4. The Kier molecular flexibility index (Phi) is 4.90. The first-order valence-corrected chi connectivity index (χ1v) is 7.59. The van der Waals surface area contributed by atoms with Crippen LogP contribution in [0.15, 0.2) is 54.6 Å². The molecule has 1 N–H and O–H groups in total. The summed E-state index contributed by atoms with van der Waals surface area (Å²) in [4.78, 5) is 13.1. The second-order valence-corrected chi connectivity index (χ2v) is 5.49. The lowest BCUT2D eigenvalue weighted by molar-refractivity contribution is -0.156. The molecule has 1 aliphatic heterocycles. The van der Waals surface area contributed by atoms with Gasteiger partial charge in [-0.2, -0.15) is 0 Å². The van der Waals surface area contributed by atoms with E-state index in [-0.39, 0.29) is 0 Å². The molecule has 1 atom stereocenters. The average Bonchev–Trinajstić information content (AvgIpc) is 2.58. The van der Waals surface area contributed by atoms with Gasteiger partial charge in [-0.05, 0) is 29.8 Å². The van der Waals surface area contributed by atoms with E-state index in [2.05, 4.69) is 4.90 Å². The smallest absolute Gasteiger partial charge is 0.334 e. The molecule has 2 aromatic carbocycles. The summed E-state index contributed by atoms with van der Waals surface area (Å²) in [7, 11) is 0. The lowest BCUT2D eigenvalue weighted by Crippen LogP contribution is -2.45. The van der Waals surface area contributed by atoms with Gasteiger partial charge in [0.1, 0.15) is 11.5 Å². The molecule has 5 heteroatoms. The summed E-state index contributed by atoms with van der Waals surface area (Å²) in [5.74, 6) is 0.685. The number of benzene rings is 2. The fourth-order valence-corrected chi connectivity index (χ4v) is 2.54. The molecule has 1 heterocycles. The Hall–Kier alpha value is -2.37. The number of carboxylic acid groups (broad SMARTS) is 1. The summed E-state index contributed by atoms with van der Waals surface area (Å²) >= 11 is 0. The maximum Gasteiger partial charge on any atom is 0.334 e. The molecule has 3 rings (SSSR count). The molecule has 0 bridgehead atoms. The number of nitrogens with zero attached hydrogens (tertiary/aromatic N) is 1. The third-order valence-corrected chi connectivity index (χ3v) is 3.73. The number of para-hydroxylation sites is 1. The molecule has 0 spiro atoms. The highest BCUT2D eigenvalue weighted by Gasteiger charge is 2.25. The Morgan fingerprint density at radius 2 is 1.83 bits per heavy atom. The molecular formula is C18H19NO4. The minimum Gasteiger partial charge on any atom is -0.479 e. The van der Waals surface area contributed by atoms with E-state index in [0.717, 1.165) is 23.6 Å². The highest BCUT2D eigenvalue weighted by molar-refractivity contribution is 5.72. The van der Waals surface area contributed by atoms with E-state index in [9.17, 15) is 4.79 Å². The molecule has 0 radical (unpaired) electrons. The lowest BCUT2D eigenvalue weighted by Gasteiger charge is -2.30. The summed E-state index contributed by atoms with van der Waals surface area (Å²) in [5, 5.41) is 9.03. The maximum absolute atomic E-state index is 11.0. The predicted molar refractivity (Wildman–Crippen MR) is 85.6 cm³/mol. The van der Waals surface area contributed by atoms with Gasteiger partial charge in [-0.15, -0.1) is 0 Å². The van der Waals surface area contributed by atoms with Crippen LogP contribution in [-0.2, 0) is 16.1 Å². The van der Waals surface area contributed by atoms with Gasteiger partial charge in [-0.3, -0.25) is 4.90 Å². The van der Waals surface area contributed by atoms with Gasteiger partial charge in [-0.25, -0.2) is 4.79 Å². The Labute approximate surface area is 135 Å². The lowest BCUT2D eigenvalue weighted by atomic mass is 10.2. The van der Waals surface area contributed by atoms with Gasteiger partial charge in [0.25, 0.3) is 0 Å². The summed E-state index contributed by atoms with van der Waals surface area (Å²) in [6.07, 6.45) is -0.732.